The van der Waals surface area contributed by atoms with Crippen molar-refractivity contribution in [2.24, 2.45) is 11.8 Å². The van der Waals surface area contributed by atoms with Gasteiger partial charge in [0.05, 0.1) is 4.92 Å². The highest BCUT2D eigenvalue weighted by Crippen LogP contribution is 2.29. The molecule has 1 aromatic rings. The van der Waals surface area contributed by atoms with Crippen molar-refractivity contribution in [3.05, 3.63) is 28.3 Å². The van der Waals surface area contributed by atoms with Gasteiger partial charge in [-0.1, -0.05) is 53.4 Å². The maximum absolute atomic E-state index is 12.6. The number of nitro benzene ring substituents is 1. The van der Waals surface area contributed by atoms with Crippen LogP contribution in [0.4, 0.5) is 17.1 Å². The molecule has 0 heterocycles. The highest BCUT2D eigenvalue weighted by Gasteiger charge is 2.22. The Morgan fingerprint density at radius 3 is 1.90 bits per heavy atom. The van der Waals surface area contributed by atoms with Crippen molar-refractivity contribution in [3.8, 4) is 0 Å². The average Bonchev–Trinajstić information content (AvgIpc) is 2.69. The summed E-state index contributed by atoms with van der Waals surface area (Å²) in [7, 11) is 0. The largest absolute Gasteiger partial charge is 0.326 e. The fourth-order valence-corrected chi connectivity index (χ4v) is 3.29. The van der Waals surface area contributed by atoms with E-state index in [-0.39, 0.29) is 35.0 Å². The van der Waals surface area contributed by atoms with Crippen molar-refractivity contribution < 1.29 is 14.5 Å². The third-order valence-corrected chi connectivity index (χ3v) is 5.26. The van der Waals surface area contributed by atoms with Gasteiger partial charge in [0.25, 0.3) is 5.69 Å². The fraction of sp³-hybridized carbons (Fsp3) is 0.636. The highest BCUT2D eigenvalue weighted by atomic mass is 16.6. The molecule has 1 rings (SSSR count). The monoisotopic (exact) mass is 405 g/mol. The quantitative estimate of drug-likeness (QED) is 0.315. The van der Waals surface area contributed by atoms with Gasteiger partial charge < -0.3 is 10.6 Å². The van der Waals surface area contributed by atoms with Gasteiger partial charge in [0, 0.05) is 23.6 Å². The van der Waals surface area contributed by atoms with Crippen LogP contribution in [0.5, 0.6) is 0 Å². The zero-order valence-corrected chi connectivity index (χ0v) is 18.1. The van der Waals surface area contributed by atoms with E-state index >= 15 is 0 Å². The lowest BCUT2D eigenvalue weighted by atomic mass is 9.98. The summed E-state index contributed by atoms with van der Waals surface area (Å²) in [6.45, 7) is 8.06. The number of amides is 2. The number of nitrogens with zero attached hydrogens (tertiary/aromatic N) is 1. The number of nitro groups is 1. The lowest BCUT2D eigenvalue weighted by molar-refractivity contribution is -0.383. The maximum atomic E-state index is 12.6. The summed E-state index contributed by atoms with van der Waals surface area (Å²) in [6.07, 6.45) is 6.88. The third-order valence-electron chi connectivity index (χ3n) is 5.26. The first-order chi connectivity index (χ1) is 13.9. The van der Waals surface area contributed by atoms with E-state index in [2.05, 4.69) is 24.5 Å². The minimum Gasteiger partial charge on any atom is -0.326 e. The van der Waals surface area contributed by atoms with Crippen LogP contribution in [0.15, 0.2) is 18.2 Å². The van der Waals surface area contributed by atoms with Gasteiger partial charge in [0.2, 0.25) is 11.8 Å². The molecule has 0 unspecified atom stereocenters. The molecule has 0 aliphatic rings. The Balaban J connectivity index is 3.00. The van der Waals surface area contributed by atoms with Gasteiger partial charge in [-0.2, -0.15) is 0 Å². The van der Waals surface area contributed by atoms with Gasteiger partial charge in [-0.05, 0) is 37.8 Å². The summed E-state index contributed by atoms with van der Waals surface area (Å²) in [5.41, 5.74) is 0.390. The molecular formula is C22H35N3O4. The smallest absolute Gasteiger partial charge is 0.292 e. The lowest BCUT2D eigenvalue weighted by Gasteiger charge is -2.17. The summed E-state index contributed by atoms with van der Waals surface area (Å²) in [5.74, 6) is -0.601. The summed E-state index contributed by atoms with van der Waals surface area (Å²) in [5, 5.41) is 16.9. The Hall–Kier alpha value is -2.44. The molecular weight excluding hydrogens is 370 g/mol. The van der Waals surface area contributed by atoms with Crippen LogP contribution in [-0.2, 0) is 9.59 Å². The Morgan fingerprint density at radius 2 is 1.45 bits per heavy atom. The number of hydrogen-bond acceptors (Lipinski definition) is 4. The Bertz CT molecular complexity index is 691. The van der Waals surface area contributed by atoms with Crippen LogP contribution in [0, 0.1) is 22.0 Å². The van der Waals surface area contributed by atoms with Gasteiger partial charge >= 0.3 is 0 Å². The van der Waals surface area contributed by atoms with E-state index in [0.29, 0.717) is 12.1 Å². The maximum Gasteiger partial charge on any atom is 0.292 e. The molecule has 0 aromatic heterocycles. The molecule has 0 bridgehead atoms. The summed E-state index contributed by atoms with van der Waals surface area (Å²) in [4.78, 5) is 36.0. The van der Waals surface area contributed by atoms with E-state index in [1.165, 1.54) is 18.2 Å². The Labute approximate surface area is 173 Å². The first-order valence-corrected chi connectivity index (χ1v) is 10.8. The summed E-state index contributed by atoms with van der Waals surface area (Å²) >= 11 is 0. The molecule has 7 heteroatoms. The standard InChI is InChI=1S/C22H35N3O4/c1-5-9-11-16(7-3)21(26)23-18-13-14-20(25(28)29)19(15-18)24-22(27)17(8-4)12-10-6-2/h13-17H,5-12H2,1-4H3,(H,23,26)(H,24,27)/t16-,17+/m1/s1. The second kappa shape index (κ2) is 12.9. The molecule has 2 N–H and O–H groups in total. The van der Waals surface area contributed by atoms with Gasteiger partial charge in [-0.3, -0.25) is 19.7 Å². The van der Waals surface area contributed by atoms with Crippen molar-refractivity contribution >= 4 is 28.9 Å². The molecule has 0 spiro atoms. The molecule has 162 valence electrons. The van der Waals surface area contributed by atoms with E-state index < -0.39 is 4.92 Å². The van der Waals surface area contributed by atoms with Gasteiger partial charge in [-0.25, -0.2) is 0 Å². The molecule has 0 aliphatic carbocycles. The van der Waals surface area contributed by atoms with Crippen molar-refractivity contribution in [1.82, 2.24) is 0 Å². The second-order valence-electron chi connectivity index (χ2n) is 7.46. The average molecular weight is 406 g/mol. The molecule has 1 aromatic carbocycles. The Kier molecular flexibility index (Phi) is 10.9. The second-order valence-corrected chi connectivity index (χ2v) is 7.46. The minimum atomic E-state index is -0.524. The van der Waals surface area contributed by atoms with Crippen LogP contribution in [0.25, 0.3) is 0 Å². The van der Waals surface area contributed by atoms with Gasteiger partial charge in [0.15, 0.2) is 0 Å². The number of carbonyl (C=O) groups is 2. The number of rotatable bonds is 13. The number of carbonyl (C=O) groups excluding carboxylic acids is 2. The van der Waals surface area contributed by atoms with Crippen LogP contribution >= 0.6 is 0 Å². The van der Waals surface area contributed by atoms with Crippen LogP contribution in [-0.4, -0.2) is 16.7 Å². The molecule has 0 radical (unpaired) electrons. The van der Waals surface area contributed by atoms with Gasteiger partial charge in [-0.15, -0.1) is 0 Å². The Morgan fingerprint density at radius 1 is 0.931 bits per heavy atom. The van der Waals surface area contributed by atoms with Crippen LogP contribution in [0.3, 0.4) is 0 Å². The van der Waals surface area contributed by atoms with Gasteiger partial charge in [0.1, 0.15) is 5.69 Å². The van der Waals surface area contributed by atoms with Crippen molar-refractivity contribution in [1.29, 1.82) is 0 Å². The molecule has 0 fully saturated rings. The predicted octanol–water partition coefficient (Wildman–Crippen LogP) is 5.90. The van der Waals surface area contributed by atoms with E-state index in [1.807, 2.05) is 13.8 Å². The summed E-state index contributed by atoms with van der Waals surface area (Å²) in [6, 6.07) is 4.31. The molecule has 2 amide bonds. The fourth-order valence-electron chi connectivity index (χ4n) is 3.29. The van der Waals surface area contributed by atoms with Crippen molar-refractivity contribution in [3.63, 3.8) is 0 Å². The number of anilines is 2. The lowest BCUT2D eigenvalue weighted by Crippen LogP contribution is -2.24. The minimum absolute atomic E-state index is 0.0956. The first kappa shape index (κ1) is 24.6. The number of unbranched alkanes of at least 4 members (excludes halogenated alkanes) is 2. The van der Waals surface area contributed by atoms with E-state index in [0.717, 1.165) is 44.9 Å². The molecule has 29 heavy (non-hydrogen) atoms. The highest BCUT2D eigenvalue weighted by molar-refractivity contribution is 5.97. The molecule has 0 saturated carbocycles. The molecule has 2 atom stereocenters. The van der Waals surface area contributed by atoms with Crippen LogP contribution in [0.1, 0.15) is 79.1 Å². The zero-order chi connectivity index (χ0) is 21.8. The van der Waals surface area contributed by atoms with E-state index in [4.69, 9.17) is 0 Å². The van der Waals surface area contributed by atoms with E-state index in [9.17, 15) is 19.7 Å². The molecule has 0 aliphatic heterocycles. The molecule has 0 saturated heterocycles. The predicted molar refractivity (Wildman–Crippen MR) is 117 cm³/mol. The summed E-state index contributed by atoms with van der Waals surface area (Å²) < 4.78 is 0. The van der Waals surface area contributed by atoms with Crippen molar-refractivity contribution in [2.45, 2.75) is 79.1 Å². The van der Waals surface area contributed by atoms with Crippen LogP contribution < -0.4 is 10.6 Å². The topological polar surface area (TPSA) is 101 Å². The van der Waals surface area contributed by atoms with Crippen molar-refractivity contribution in [2.75, 3.05) is 10.6 Å². The van der Waals surface area contributed by atoms with Crippen LogP contribution in [0.2, 0.25) is 0 Å². The normalized spacial score (nSPS) is 12.8. The van der Waals surface area contributed by atoms with E-state index in [1.54, 1.807) is 0 Å². The molecule has 7 nitrogen and oxygen atoms in total. The number of nitrogens with one attached hydrogen (secondary N) is 2. The number of hydrogen-bond donors (Lipinski definition) is 2. The number of benzene rings is 1. The SMILES string of the molecule is CCCC[C@@H](CC)C(=O)Nc1ccc([N+](=O)[O-])c(NC(=O)[C@@H](CC)CCCC)c1. The zero-order valence-electron chi connectivity index (χ0n) is 18.1. The first-order valence-electron chi connectivity index (χ1n) is 10.8. The third kappa shape index (κ3) is 7.83.